The molecule has 0 heterocycles. The normalized spacial score (nSPS) is 22.6. The van der Waals surface area contributed by atoms with E-state index >= 15 is 0 Å². The van der Waals surface area contributed by atoms with Crippen LogP contribution in [0.3, 0.4) is 0 Å². The summed E-state index contributed by atoms with van der Waals surface area (Å²) in [7, 11) is 0. The van der Waals surface area contributed by atoms with E-state index in [9.17, 15) is 9.59 Å². The molecule has 1 fully saturated rings. The Kier molecular flexibility index (Phi) is 1.13. The van der Waals surface area contributed by atoms with Crippen LogP contribution in [0.1, 0.15) is 12.8 Å². The molecule has 1 aliphatic rings. The highest BCUT2D eigenvalue weighted by atomic mass is 16.3. The molecule has 0 bridgehead atoms. The third kappa shape index (κ3) is 0.767. The number of rotatable bonds is 0. The van der Waals surface area contributed by atoms with Crippen LogP contribution in [0.25, 0.3) is 0 Å². The molecule has 1 rings (SSSR count). The fourth-order valence-electron chi connectivity index (χ4n) is 0.728. The number of hydrogen-bond donors (Lipinski definition) is 1. The molecule has 1 saturated carbocycles. The summed E-state index contributed by atoms with van der Waals surface area (Å²) in [6, 6.07) is 0. The first-order valence-corrected chi connectivity index (χ1v) is 2.44. The second-order valence-corrected chi connectivity index (χ2v) is 1.91. The zero-order valence-corrected chi connectivity index (χ0v) is 4.26. The SMILES string of the molecule is O=C1CC(O)CC1=O. The molecule has 0 aliphatic heterocycles. The lowest BCUT2D eigenvalue weighted by atomic mass is 10.3. The zero-order valence-electron chi connectivity index (χ0n) is 4.26. The number of Topliss-reactive ketones (excluding diaryl/α,β-unsaturated/α-hetero) is 2. The van der Waals surface area contributed by atoms with Gasteiger partial charge in [-0.15, -0.1) is 0 Å². The number of carbonyl (C=O) groups excluding carboxylic acids is 2. The van der Waals surface area contributed by atoms with Crippen molar-refractivity contribution in [3.63, 3.8) is 0 Å². The third-order valence-corrected chi connectivity index (χ3v) is 1.15. The van der Waals surface area contributed by atoms with Gasteiger partial charge in [0.15, 0.2) is 0 Å². The standard InChI is InChI=1S/C5H6O3/c6-3-1-4(7)5(8)2-3/h3,6H,1-2H2. The quantitative estimate of drug-likeness (QED) is 0.423. The van der Waals surface area contributed by atoms with Crippen LogP contribution in [0.2, 0.25) is 0 Å². The van der Waals surface area contributed by atoms with Gasteiger partial charge in [-0.3, -0.25) is 9.59 Å². The number of carbonyl (C=O) groups is 2. The van der Waals surface area contributed by atoms with Crippen molar-refractivity contribution < 1.29 is 14.7 Å². The molecule has 0 radical (unpaired) electrons. The zero-order chi connectivity index (χ0) is 6.15. The fraction of sp³-hybridized carbons (Fsp3) is 0.600. The van der Waals surface area contributed by atoms with Crippen LogP contribution in [0.4, 0.5) is 0 Å². The first-order valence-electron chi connectivity index (χ1n) is 2.44. The van der Waals surface area contributed by atoms with Crippen LogP contribution in [0.5, 0.6) is 0 Å². The minimum atomic E-state index is -0.699. The van der Waals surface area contributed by atoms with Crippen molar-refractivity contribution in [1.82, 2.24) is 0 Å². The van der Waals surface area contributed by atoms with Crippen molar-refractivity contribution in [2.75, 3.05) is 0 Å². The van der Waals surface area contributed by atoms with E-state index in [1.54, 1.807) is 0 Å². The summed E-state index contributed by atoms with van der Waals surface area (Å²) in [6.07, 6.45) is -0.646. The lowest BCUT2D eigenvalue weighted by Crippen LogP contribution is -2.01. The lowest BCUT2D eigenvalue weighted by molar-refractivity contribution is -0.134. The van der Waals surface area contributed by atoms with E-state index in [0.29, 0.717) is 0 Å². The first kappa shape index (κ1) is 5.44. The Balaban J connectivity index is 2.64. The Morgan fingerprint density at radius 1 is 1.25 bits per heavy atom. The van der Waals surface area contributed by atoms with Gasteiger partial charge in [0.1, 0.15) is 0 Å². The fourth-order valence-corrected chi connectivity index (χ4v) is 0.728. The number of aliphatic hydroxyl groups excluding tert-OH is 1. The number of ketones is 2. The van der Waals surface area contributed by atoms with Gasteiger partial charge in [-0.2, -0.15) is 0 Å². The van der Waals surface area contributed by atoms with Crippen molar-refractivity contribution in [2.24, 2.45) is 0 Å². The van der Waals surface area contributed by atoms with E-state index in [-0.39, 0.29) is 12.8 Å². The minimum absolute atomic E-state index is 0.0266. The minimum Gasteiger partial charge on any atom is -0.392 e. The van der Waals surface area contributed by atoms with Crippen LogP contribution in [0, 0.1) is 0 Å². The Labute approximate surface area is 46.3 Å². The summed E-state index contributed by atoms with van der Waals surface area (Å²) < 4.78 is 0. The Hall–Kier alpha value is -0.700. The smallest absolute Gasteiger partial charge is 0.201 e. The summed E-state index contributed by atoms with van der Waals surface area (Å²) in [4.78, 5) is 20.5. The van der Waals surface area contributed by atoms with Gasteiger partial charge in [0.25, 0.3) is 0 Å². The third-order valence-electron chi connectivity index (χ3n) is 1.15. The van der Waals surface area contributed by atoms with E-state index < -0.39 is 17.7 Å². The maximum Gasteiger partial charge on any atom is 0.201 e. The van der Waals surface area contributed by atoms with Gasteiger partial charge in [0.05, 0.1) is 6.10 Å². The Morgan fingerprint density at radius 3 is 1.75 bits per heavy atom. The second-order valence-electron chi connectivity index (χ2n) is 1.91. The molecule has 1 aliphatic carbocycles. The van der Waals surface area contributed by atoms with E-state index in [1.807, 2.05) is 0 Å². The predicted octanol–water partition coefficient (Wildman–Crippen LogP) is -0.721. The monoisotopic (exact) mass is 114 g/mol. The molecule has 0 saturated heterocycles. The van der Waals surface area contributed by atoms with Crippen LogP contribution >= 0.6 is 0 Å². The Bertz CT molecular complexity index is 123. The van der Waals surface area contributed by atoms with Crippen molar-refractivity contribution in [2.45, 2.75) is 18.9 Å². The summed E-state index contributed by atoms with van der Waals surface area (Å²) in [6.45, 7) is 0. The maximum atomic E-state index is 10.3. The van der Waals surface area contributed by atoms with Gasteiger partial charge < -0.3 is 5.11 Å². The van der Waals surface area contributed by atoms with Gasteiger partial charge >= 0.3 is 0 Å². The van der Waals surface area contributed by atoms with E-state index in [2.05, 4.69) is 0 Å². The van der Waals surface area contributed by atoms with Gasteiger partial charge in [-0.25, -0.2) is 0 Å². The second kappa shape index (κ2) is 1.67. The summed E-state index contributed by atoms with van der Waals surface area (Å²) in [5.41, 5.74) is 0. The molecule has 0 atom stereocenters. The molecule has 1 N–H and O–H groups in total. The van der Waals surface area contributed by atoms with Crippen LogP contribution in [0.15, 0.2) is 0 Å². The molecule has 0 aromatic rings. The maximum absolute atomic E-state index is 10.3. The van der Waals surface area contributed by atoms with Gasteiger partial charge in [-0.05, 0) is 0 Å². The Morgan fingerprint density at radius 2 is 1.62 bits per heavy atom. The van der Waals surface area contributed by atoms with Crippen LogP contribution in [-0.2, 0) is 9.59 Å². The van der Waals surface area contributed by atoms with Gasteiger partial charge in [-0.1, -0.05) is 0 Å². The molecule has 0 spiro atoms. The van der Waals surface area contributed by atoms with Crippen molar-refractivity contribution >= 4 is 11.6 Å². The molecule has 44 valence electrons. The molecule has 0 aromatic carbocycles. The highest BCUT2D eigenvalue weighted by Crippen LogP contribution is 2.09. The van der Waals surface area contributed by atoms with Gasteiger partial charge in [0.2, 0.25) is 11.6 Å². The van der Waals surface area contributed by atoms with E-state index in [0.717, 1.165) is 0 Å². The lowest BCUT2D eigenvalue weighted by Gasteiger charge is -1.88. The highest BCUT2D eigenvalue weighted by Gasteiger charge is 2.28. The highest BCUT2D eigenvalue weighted by molar-refractivity contribution is 6.39. The number of hydrogen-bond acceptors (Lipinski definition) is 3. The largest absolute Gasteiger partial charge is 0.392 e. The first-order chi connectivity index (χ1) is 3.70. The van der Waals surface area contributed by atoms with Crippen molar-refractivity contribution in [3.05, 3.63) is 0 Å². The molecular formula is C5H6O3. The summed E-state index contributed by atoms with van der Waals surface area (Å²) in [5.74, 6) is -0.866. The van der Waals surface area contributed by atoms with Crippen LogP contribution in [-0.4, -0.2) is 22.8 Å². The molecule has 3 heteroatoms. The number of aliphatic hydroxyl groups is 1. The average molecular weight is 114 g/mol. The molecule has 8 heavy (non-hydrogen) atoms. The van der Waals surface area contributed by atoms with Crippen LogP contribution < -0.4 is 0 Å². The summed E-state index contributed by atoms with van der Waals surface area (Å²) in [5, 5.41) is 8.63. The molecule has 0 unspecified atom stereocenters. The molecular weight excluding hydrogens is 108 g/mol. The average Bonchev–Trinajstić information content (AvgIpc) is 1.85. The topological polar surface area (TPSA) is 54.4 Å². The van der Waals surface area contributed by atoms with Gasteiger partial charge in [0, 0.05) is 12.8 Å². The predicted molar refractivity (Wildman–Crippen MR) is 25.3 cm³/mol. The molecule has 0 aromatic heterocycles. The van der Waals surface area contributed by atoms with E-state index in [4.69, 9.17) is 5.11 Å². The van der Waals surface area contributed by atoms with Crippen molar-refractivity contribution in [1.29, 1.82) is 0 Å². The summed E-state index contributed by atoms with van der Waals surface area (Å²) >= 11 is 0. The van der Waals surface area contributed by atoms with E-state index in [1.165, 1.54) is 0 Å². The molecule has 0 amide bonds. The van der Waals surface area contributed by atoms with Crippen molar-refractivity contribution in [3.8, 4) is 0 Å². The molecule has 3 nitrogen and oxygen atoms in total.